The maximum absolute atomic E-state index is 12.1. The molecule has 4 rings (SSSR count). The zero-order chi connectivity index (χ0) is 28.5. The number of aryl methyl sites for hydroxylation is 1. The lowest BCUT2D eigenvalue weighted by molar-refractivity contribution is -0.153. The predicted molar refractivity (Wildman–Crippen MR) is 154 cm³/mol. The highest BCUT2D eigenvalue weighted by Crippen LogP contribution is 2.38. The summed E-state index contributed by atoms with van der Waals surface area (Å²) >= 11 is 0. The minimum atomic E-state index is -0.422. The Morgan fingerprint density at radius 3 is 2.33 bits per heavy atom. The Labute approximate surface area is 237 Å². The number of carbonyl (C=O) groups is 2. The molecular formula is C32H44N2O6. The molecule has 0 bridgehead atoms. The number of anilines is 1. The van der Waals surface area contributed by atoms with Crippen LogP contribution < -0.4 is 10.5 Å². The number of rotatable bonds is 12. The van der Waals surface area contributed by atoms with Crippen LogP contribution in [0, 0.1) is 5.92 Å². The van der Waals surface area contributed by atoms with Gasteiger partial charge in [0.1, 0.15) is 18.0 Å². The lowest BCUT2D eigenvalue weighted by atomic mass is 9.84. The van der Waals surface area contributed by atoms with Gasteiger partial charge in [-0.1, -0.05) is 32.1 Å². The number of benzene rings is 1. The molecular weight excluding hydrogens is 508 g/mol. The predicted octanol–water partition coefficient (Wildman–Crippen LogP) is 6.51. The normalized spacial score (nSPS) is 17.8. The summed E-state index contributed by atoms with van der Waals surface area (Å²) in [5, 5.41) is 10.9. The fourth-order valence-corrected chi connectivity index (χ4v) is 6.27. The van der Waals surface area contributed by atoms with E-state index in [9.17, 15) is 14.7 Å². The molecule has 1 aromatic carbocycles. The van der Waals surface area contributed by atoms with Crippen LogP contribution in [-0.4, -0.2) is 40.3 Å². The van der Waals surface area contributed by atoms with Gasteiger partial charge in [0.15, 0.2) is 11.5 Å². The molecule has 1 aromatic heterocycles. The highest BCUT2D eigenvalue weighted by molar-refractivity contribution is 5.72. The molecule has 1 heterocycles. The molecule has 2 aliphatic carbocycles. The van der Waals surface area contributed by atoms with Gasteiger partial charge in [-0.3, -0.25) is 9.59 Å². The largest absolute Gasteiger partial charge is 0.504 e. The van der Waals surface area contributed by atoms with Crippen molar-refractivity contribution in [3.8, 4) is 22.6 Å². The standard InChI is InChI=1S/C32H44N2O6/c1-21(35)38-27(19-28(39-22(2)36)16-23-8-4-3-5-9-23)13-12-24-17-31(40-26-10-6-7-11-26)30(37)20-29(24)25-14-15-34-32(33)18-25/h14-15,17-18,20,23,26-28,37H,3-13,16,19H2,1-2H3,(H2,33,34). The van der Waals surface area contributed by atoms with E-state index in [-0.39, 0.29) is 29.9 Å². The molecule has 2 fully saturated rings. The van der Waals surface area contributed by atoms with Crippen molar-refractivity contribution in [1.82, 2.24) is 4.98 Å². The number of carbonyl (C=O) groups excluding carboxylic acids is 2. The molecule has 2 aromatic rings. The van der Waals surface area contributed by atoms with Crippen LogP contribution in [0.25, 0.3) is 11.1 Å². The van der Waals surface area contributed by atoms with Crippen LogP contribution in [0.4, 0.5) is 5.82 Å². The maximum atomic E-state index is 12.1. The van der Waals surface area contributed by atoms with Gasteiger partial charge >= 0.3 is 11.9 Å². The van der Waals surface area contributed by atoms with Crippen LogP contribution in [0.5, 0.6) is 11.5 Å². The van der Waals surface area contributed by atoms with Crippen molar-refractivity contribution in [2.45, 2.75) is 116 Å². The average molecular weight is 553 g/mol. The van der Waals surface area contributed by atoms with E-state index in [4.69, 9.17) is 19.9 Å². The second-order valence-corrected chi connectivity index (χ2v) is 11.4. The summed E-state index contributed by atoms with van der Waals surface area (Å²) in [6, 6.07) is 7.26. The summed E-state index contributed by atoms with van der Waals surface area (Å²) in [4.78, 5) is 28.1. The van der Waals surface area contributed by atoms with Crippen LogP contribution in [0.1, 0.15) is 96.5 Å². The van der Waals surface area contributed by atoms with E-state index < -0.39 is 6.10 Å². The summed E-state index contributed by atoms with van der Waals surface area (Å²) in [6.45, 7) is 2.85. The Morgan fingerprint density at radius 1 is 0.975 bits per heavy atom. The molecule has 0 saturated heterocycles. The fraction of sp³-hybridized carbons (Fsp3) is 0.594. The van der Waals surface area contributed by atoms with Crippen LogP contribution in [0.3, 0.4) is 0 Å². The van der Waals surface area contributed by atoms with E-state index in [0.717, 1.165) is 61.6 Å². The van der Waals surface area contributed by atoms with E-state index in [1.807, 2.05) is 12.1 Å². The number of nitrogens with zero attached hydrogens (tertiary/aromatic N) is 1. The zero-order valence-corrected chi connectivity index (χ0v) is 23.9. The maximum Gasteiger partial charge on any atom is 0.302 e. The number of phenols is 1. The molecule has 0 radical (unpaired) electrons. The van der Waals surface area contributed by atoms with E-state index in [2.05, 4.69) is 4.98 Å². The number of nitrogen functional groups attached to an aromatic ring is 1. The molecule has 8 heteroatoms. The highest BCUT2D eigenvalue weighted by Gasteiger charge is 2.27. The molecule has 3 N–H and O–H groups in total. The number of phenolic OH excluding ortho intramolecular Hbond substituents is 1. The first-order valence-electron chi connectivity index (χ1n) is 14.9. The number of aromatic hydroxyl groups is 1. The summed E-state index contributed by atoms with van der Waals surface area (Å²) in [5.74, 6) is 0.785. The molecule has 40 heavy (non-hydrogen) atoms. The molecule has 0 amide bonds. The van der Waals surface area contributed by atoms with Gasteiger partial charge in [0, 0.05) is 26.5 Å². The Balaban J connectivity index is 1.56. The van der Waals surface area contributed by atoms with Gasteiger partial charge in [-0.25, -0.2) is 4.98 Å². The van der Waals surface area contributed by atoms with Crippen molar-refractivity contribution >= 4 is 17.8 Å². The Hall–Kier alpha value is -3.29. The summed E-state index contributed by atoms with van der Waals surface area (Å²) in [7, 11) is 0. The van der Waals surface area contributed by atoms with Crippen LogP contribution in [-0.2, 0) is 25.5 Å². The van der Waals surface area contributed by atoms with E-state index >= 15 is 0 Å². The summed E-state index contributed by atoms with van der Waals surface area (Å²) in [6.07, 6.45) is 13.5. The van der Waals surface area contributed by atoms with Crippen LogP contribution >= 0.6 is 0 Å². The zero-order valence-electron chi connectivity index (χ0n) is 23.9. The Morgan fingerprint density at radius 2 is 1.65 bits per heavy atom. The summed E-state index contributed by atoms with van der Waals surface area (Å²) in [5.41, 5.74) is 8.58. The molecule has 2 atom stereocenters. The van der Waals surface area contributed by atoms with Gasteiger partial charge in [-0.2, -0.15) is 0 Å². The van der Waals surface area contributed by atoms with Gasteiger partial charge in [-0.05, 0) is 91.8 Å². The lowest BCUT2D eigenvalue weighted by Gasteiger charge is -2.29. The van der Waals surface area contributed by atoms with E-state index in [0.29, 0.717) is 36.7 Å². The average Bonchev–Trinajstić information content (AvgIpc) is 3.42. The molecule has 0 spiro atoms. The van der Waals surface area contributed by atoms with E-state index in [1.165, 1.54) is 33.1 Å². The summed E-state index contributed by atoms with van der Waals surface area (Å²) < 4.78 is 17.7. The van der Waals surface area contributed by atoms with Crippen molar-refractivity contribution in [3.63, 3.8) is 0 Å². The fourth-order valence-electron chi connectivity index (χ4n) is 6.27. The first kappa shape index (κ1) is 29.7. The van der Waals surface area contributed by atoms with Crippen molar-refractivity contribution in [2.75, 3.05) is 5.73 Å². The number of hydrogen-bond acceptors (Lipinski definition) is 8. The van der Waals surface area contributed by atoms with Gasteiger partial charge in [0.2, 0.25) is 0 Å². The van der Waals surface area contributed by atoms with Gasteiger partial charge in [-0.15, -0.1) is 0 Å². The van der Waals surface area contributed by atoms with E-state index in [1.54, 1.807) is 18.3 Å². The minimum Gasteiger partial charge on any atom is -0.504 e. The molecule has 218 valence electrons. The molecule has 8 nitrogen and oxygen atoms in total. The minimum absolute atomic E-state index is 0.0833. The topological polar surface area (TPSA) is 121 Å². The van der Waals surface area contributed by atoms with Gasteiger partial charge in [0.05, 0.1) is 6.10 Å². The van der Waals surface area contributed by atoms with Crippen LogP contribution in [0.2, 0.25) is 0 Å². The number of ether oxygens (including phenoxy) is 3. The smallest absolute Gasteiger partial charge is 0.302 e. The number of pyridine rings is 1. The van der Waals surface area contributed by atoms with Crippen molar-refractivity contribution < 1.29 is 28.9 Å². The van der Waals surface area contributed by atoms with Crippen molar-refractivity contribution in [1.29, 1.82) is 0 Å². The Kier molecular flexibility index (Phi) is 10.7. The molecule has 2 saturated carbocycles. The second-order valence-electron chi connectivity index (χ2n) is 11.4. The third-order valence-electron chi connectivity index (χ3n) is 8.12. The molecule has 0 aliphatic heterocycles. The quantitative estimate of drug-likeness (QED) is 0.286. The molecule has 2 unspecified atom stereocenters. The van der Waals surface area contributed by atoms with Crippen molar-refractivity contribution in [2.24, 2.45) is 5.92 Å². The SMILES string of the molecule is CC(=O)OC(CCc1cc(OC2CCCC2)c(O)cc1-c1ccnc(N)c1)CC(CC1CCCCC1)OC(C)=O. The lowest BCUT2D eigenvalue weighted by Crippen LogP contribution is -2.29. The van der Waals surface area contributed by atoms with Gasteiger partial charge < -0.3 is 25.1 Å². The number of nitrogens with two attached hydrogens (primary N) is 1. The Bertz CT molecular complexity index is 1140. The second kappa shape index (κ2) is 14.4. The first-order chi connectivity index (χ1) is 19.3. The van der Waals surface area contributed by atoms with Crippen LogP contribution in [0.15, 0.2) is 30.5 Å². The number of esters is 2. The monoisotopic (exact) mass is 552 g/mol. The number of aromatic nitrogens is 1. The first-order valence-corrected chi connectivity index (χ1v) is 14.9. The number of hydrogen-bond donors (Lipinski definition) is 2. The van der Waals surface area contributed by atoms with Crippen molar-refractivity contribution in [3.05, 3.63) is 36.0 Å². The third kappa shape index (κ3) is 8.86. The van der Waals surface area contributed by atoms with Gasteiger partial charge in [0.25, 0.3) is 0 Å². The highest BCUT2D eigenvalue weighted by atomic mass is 16.6. The third-order valence-corrected chi connectivity index (χ3v) is 8.12. The molecule has 2 aliphatic rings.